The summed E-state index contributed by atoms with van der Waals surface area (Å²) in [5, 5.41) is 6.50. The van der Waals surface area contributed by atoms with Crippen LogP contribution in [0.25, 0.3) is 0 Å². The van der Waals surface area contributed by atoms with Crippen molar-refractivity contribution in [3.05, 3.63) is 0 Å². The largest absolute Gasteiger partial charge is 0.303 e. The molecule has 0 aromatic heterocycles. The second-order valence-electron chi connectivity index (χ2n) is 7.28. The molecule has 0 aromatic rings. The Morgan fingerprint density at radius 2 is 1.30 bits per heavy atom. The second-order valence-corrected chi connectivity index (χ2v) is 7.28. The maximum absolute atomic E-state index is 6.50. The number of unbranched alkanes of at least 4 members (excludes halogenated alkanes) is 10. The standard InChI is InChI=1S/C20H41N.CHN/c1-3-5-7-8-9-10-11-12-13-14-17-21-18-16-20(19-21)15-6-4-2;1-2/h20H,3-19H2,1-2H3;1H. The first-order chi connectivity index (χ1) is 11.4. The van der Waals surface area contributed by atoms with Gasteiger partial charge in [-0.15, -0.1) is 0 Å². The first kappa shape index (κ1) is 22.4. The van der Waals surface area contributed by atoms with Crippen molar-refractivity contribution in [2.24, 2.45) is 5.92 Å². The molecule has 1 aliphatic heterocycles. The molecule has 0 spiro atoms. The Morgan fingerprint density at radius 1 is 0.783 bits per heavy atom. The van der Waals surface area contributed by atoms with Crippen molar-refractivity contribution in [2.75, 3.05) is 19.6 Å². The van der Waals surface area contributed by atoms with Gasteiger partial charge in [-0.05, 0) is 38.3 Å². The molecule has 23 heavy (non-hydrogen) atoms. The predicted octanol–water partition coefficient (Wildman–Crippen LogP) is 6.56. The molecule has 136 valence electrons. The maximum Gasteiger partial charge on any atom is 0.0462 e. The van der Waals surface area contributed by atoms with E-state index < -0.39 is 0 Å². The monoisotopic (exact) mass is 322 g/mol. The lowest BCUT2D eigenvalue weighted by Crippen LogP contribution is -2.21. The van der Waals surface area contributed by atoms with E-state index >= 15 is 0 Å². The van der Waals surface area contributed by atoms with Gasteiger partial charge >= 0.3 is 0 Å². The van der Waals surface area contributed by atoms with Crippen LogP contribution in [0, 0.1) is 17.8 Å². The average Bonchev–Trinajstić information content (AvgIpc) is 3.04. The fourth-order valence-corrected chi connectivity index (χ4v) is 3.67. The summed E-state index contributed by atoms with van der Waals surface area (Å²) in [4.78, 5) is 2.73. The maximum atomic E-state index is 6.50. The summed E-state index contributed by atoms with van der Waals surface area (Å²) in [5.74, 6) is 1.02. The molecule has 1 atom stereocenters. The SMILES string of the molecule is C#N.CCCCCCCCCCCCN1CCC(CCCC)C1. The lowest BCUT2D eigenvalue weighted by molar-refractivity contribution is 0.310. The Kier molecular flexibility index (Phi) is 17.4. The van der Waals surface area contributed by atoms with Crippen molar-refractivity contribution in [3.8, 4) is 6.57 Å². The van der Waals surface area contributed by atoms with Gasteiger partial charge in [0.05, 0.1) is 0 Å². The van der Waals surface area contributed by atoms with Crippen LogP contribution in [0.3, 0.4) is 0 Å². The van der Waals surface area contributed by atoms with Crippen LogP contribution < -0.4 is 0 Å². The third-order valence-corrected chi connectivity index (χ3v) is 5.16. The van der Waals surface area contributed by atoms with E-state index in [9.17, 15) is 0 Å². The molecule has 0 amide bonds. The van der Waals surface area contributed by atoms with Crippen LogP contribution in [0.1, 0.15) is 104 Å². The molecular weight excluding hydrogens is 280 g/mol. The van der Waals surface area contributed by atoms with Crippen LogP contribution in [-0.4, -0.2) is 24.5 Å². The molecule has 0 N–H and O–H groups in total. The van der Waals surface area contributed by atoms with Crippen LogP contribution in [0.5, 0.6) is 0 Å². The first-order valence-corrected chi connectivity index (χ1v) is 10.3. The van der Waals surface area contributed by atoms with E-state index in [0.29, 0.717) is 0 Å². The topological polar surface area (TPSA) is 27.0 Å². The second kappa shape index (κ2) is 17.8. The minimum absolute atomic E-state index is 1.02. The third-order valence-electron chi connectivity index (χ3n) is 5.16. The highest BCUT2D eigenvalue weighted by Crippen LogP contribution is 2.22. The van der Waals surface area contributed by atoms with Crippen molar-refractivity contribution in [3.63, 3.8) is 0 Å². The van der Waals surface area contributed by atoms with Gasteiger partial charge in [-0.3, -0.25) is 0 Å². The lowest BCUT2D eigenvalue weighted by Gasteiger charge is -2.15. The van der Waals surface area contributed by atoms with Crippen molar-refractivity contribution in [1.29, 1.82) is 5.26 Å². The highest BCUT2D eigenvalue weighted by molar-refractivity contribution is 4.75. The van der Waals surface area contributed by atoms with Crippen molar-refractivity contribution < 1.29 is 0 Å². The van der Waals surface area contributed by atoms with Crippen LogP contribution in [0.15, 0.2) is 0 Å². The van der Waals surface area contributed by atoms with Gasteiger partial charge in [-0.25, -0.2) is 5.26 Å². The van der Waals surface area contributed by atoms with Gasteiger partial charge in [-0.1, -0.05) is 84.5 Å². The molecule has 0 aromatic carbocycles. The van der Waals surface area contributed by atoms with Crippen LogP contribution in [-0.2, 0) is 0 Å². The molecule has 0 saturated carbocycles. The Labute approximate surface area is 146 Å². The Bertz CT molecular complexity index is 249. The Morgan fingerprint density at radius 3 is 1.87 bits per heavy atom. The molecule has 1 rings (SSSR count). The molecule has 1 saturated heterocycles. The zero-order chi connectivity index (χ0) is 17.2. The molecule has 0 bridgehead atoms. The van der Waals surface area contributed by atoms with Gasteiger partial charge in [0.15, 0.2) is 0 Å². The van der Waals surface area contributed by atoms with E-state index in [-0.39, 0.29) is 0 Å². The summed E-state index contributed by atoms with van der Waals surface area (Å²) < 4.78 is 0. The minimum atomic E-state index is 1.02. The summed E-state index contributed by atoms with van der Waals surface area (Å²) in [6.45, 7) is 12.3. The summed E-state index contributed by atoms with van der Waals surface area (Å²) in [5.41, 5.74) is 0. The van der Waals surface area contributed by atoms with E-state index in [1.54, 1.807) is 0 Å². The summed E-state index contributed by atoms with van der Waals surface area (Å²) in [7, 11) is 0. The van der Waals surface area contributed by atoms with Crippen molar-refractivity contribution >= 4 is 0 Å². The lowest BCUT2D eigenvalue weighted by atomic mass is 10.0. The van der Waals surface area contributed by atoms with E-state index in [4.69, 9.17) is 5.26 Å². The van der Waals surface area contributed by atoms with E-state index in [0.717, 1.165) is 5.92 Å². The molecule has 1 unspecified atom stereocenters. The molecular formula is C21H42N2. The number of nitrogens with zero attached hydrogens (tertiary/aromatic N) is 2. The Balaban J connectivity index is 0.00000232. The van der Waals surface area contributed by atoms with Gasteiger partial charge in [-0.2, -0.15) is 0 Å². The fraction of sp³-hybridized carbons (Fsp3) is 0.952. The zero-order valence-electron chi connectivity index (χ0n) is 16.1. The fourth-order valence-electron chi connectivity index (χ4n) is 3.67. The summed E-state index contributed by atoms with van der Waals surface area (Å²) >= 11 is 0. The van der Waals surface area contributed by atoms with Crippen molar-refractivity contribution in [1.82, 2.24) is 4.90 Å². The zero-order valence-corrected chi connectivity index (χ0v) is 16.1. The minimum Gasteiger partial charge on any atom is -0.303 e. The molecule has 1 aliphatic rings. The highest BCUT2D eigenvalue weighted by Gasteiger charge is 2.20. The summed E-state index contributed by atoms with van der Waals surface area (Å²) in [6.07, 6.45) is 20.3. The van der Waals surface area contributed by atoms with Gasteiger partial charge in [0, 0.05) is 13.1 Å². The van der Waals surface area contributed by atoms with Gasteiger partial charge in [0.25, 0.3) is 0 Å². The molecule has 1 fully saturated rings. The normalized spacial score (nSPS) is 17.8. The first-order valence-electron chi connectivity index (χ1n) is 10.3. The predicted molar refractivity (Wildman–Crippen MR) is 103 cm³/mol. The smallest absolute Gasteiger partial charge is 0.0462 e. The van der Waals surface area contributed by atoms with Crippen LogP contribution >= 0.6 is 0 Å². The highest BCUT2D eigenvalue weighted by atomic mass is 15.1. The molecule has 2 nitrogen and oxygen atoms in total. The average molecular weight is 323 g/mol. The van der Waals surface area contributed by atoms with Gasteiger partial charge < -0.3 is 4.90 Å². The van der Waals surface area contributed by atoms with E-state index in [1.807, 2.05) is 0 Å². The molecule has 0 radical (unpaired) electrons. The number of likely N-dealkylation sites (tertiary alicyclic amines) is 1. The van der Waals surface area contributed by atoms with Crippen LogP contribution in [0.2, 0.25) is 0 Å². The molecule has 0 aliphatic carbocycles. The number of hydrogen-bond donors (Lipinski definition) is 0. The Hall–Kier alpha value is -0.550. The van der Waals surface area contributed by atoms with Crippen LogP contribution in [0.4, 0.5) is 0 Å². The molecule has 1 heterocycles. The molecule has 2 heteroatoms. The van der Waals surface area contributed by atoms with E-state index in [1.165, 1.54) is 110 Å². The number of rotatable bonds is 14. The van der Waals surface area contributed by atoms with Crippen molar-refractivity contribution in [2.45, 2.75) is 104 Å². The van der Waals surface area contributed by atoms with Gasteiger partial charge in [0.2, 0.25) is 0 Å². The number of hydrogen-bond acceptors (Lipinski definition) is 2. The summed E-state index contributed by atoms with van der Waals surface area (Å²) in [6, 6.07) is 0. The quantitative estimate of drug-likeness (QED) is 0.339. The van der Waals surface area contributed by atoms with Gasteiger partial charge in [0.1, 0.15) is 0 Å². The third kappa shape index (κ3) is 13.6. The number of nitriles is 1. The van der Waals surface area contributed by atoms with E-state index in [2.05, 4.69) is 25.3 Å².